The molecule has 0 amide bonds. The minimum atomic E-state index is -4.04. The molecule has 0 heterocycles. The Bertz CT molecular complexity index is 318. The van der Waals surface area contributed by atoms with E-state index in [1.165, 1.54) is 7.11 Å². The Morgan fingerprint density at radius 2 is 1.85 bits per heavy atom. The second kappa shape index (κ2) is 4.15. The highest BCUT2D eigenvalue weighted by Crippen LogP contribution is 2.54. The van der Waals surface area contributed by atoms with E-state index in [2.05, 4.69) is 0 Å². The van der Waals surface area contributed by atoms with E-state index in [9.17, 15) is 4.57 Å². The van der Waals surface area contributed by atoms with Crippen LogP contribution in [0.1, 0.15) is 0 Å². The van der Waals surface area contributed by atoms with Crippen molar-refractivity contribution < 1.29 is 19.1 Å². The van der Waals surface area contributed by atoms with E-state index in [0.29, 0.717) is 22.0 Å². The molecule has 0 aliphatic heterocycles. The Labute approximate surface area is 79.8 Å². The molecule has 13 heavy (non-hydrogen) atoms. The zero-order chi connectivity index (χ0) is 9.90. The smallest absolute Gasteiger partial charge is 0.388 e. The maximum absolute atomic E-state index is 10.6. The van der Waals surface area contributed by atoms with Crippen LogP contribution in [0.2, 0.25) is 0 Å². The molecule has 1 rings (SSSR count). The Hall–Kier alpha value is -0.480. The van der Waals surface area contributed by atoms with Gasteiger partial charge in [-0.25, -0.2) is 4.57 Å². The first-order valence-corrected chi connectivity index (χ1v) is 6.44. The number of hydrogen-bond donors (Lipinski definition) is 2. The van der Waals surface area contributed by atoms with Crippen LogP contribution in [-0.4, -0.2) is 16.9 Å². The van der Waals surface area contributed by atoms with Gasteiger partial charge in [0.05, 0.1) is 7.11 Å². The second-order valence-electron chi connectivity index (χ2n) is 2.26. The van der Waals surface area contributed by atoms with Crippen LogP contribution >= 0.6 is 18.2 Å². The van der Waals surface area contributed by atoms with Crippen molar-refractivity contribution in [3.05, 3.63) is 24.3 Å². The molecule has 0 aromatic heterocycles. The van der Waals surface area contributed by atoms with Crippen molar-refractivity contribution in [3.63, 3.8) is 0 Å². The first kappa shape index (κ1) is 10.6. The highest BCUT2D eigenvalue weighted by atomic mass is 32.7. The van der Waals surface area contributed by atoms with Crippen molar-refractivity contribution >= 4 is 18.2 Å². The number of methoxy groups -OCH3 is 1. The van der Waals surface area contributed by atoms with Crippen molar-refractivity contribution in [3.8, 4) is 5.75 Å². The Morgan fingerprint density at radius 3 is 2.23 bits per heavy atom. The lowest BCUT2D eigenvalue weighted by atomic mass is 10.3. The number of hydrogen-bond acceptors (Lipinski definition) is 3. The SMILES string of the molecule is COc1ccc(SP(=O)(O)O)cc1. The molecule has 0 bridgehead atoms. The number of benzene rings is 1. The third-order valence-corrected chi connectivity index (χ3v) is 3.35. The topological polar surface area (TPSA) is 66.8 Å². The average Bonchev–Trinajstić information content (AvgIpc) is 2.03. The second-order valence-corrected chi connectivity index (χ2v) is 5.87. The van der Waals surface area contributed by atoms with Gasteiger partial charge in [0, 0.05) is 4.90 Å². The summed E-state index contributed by atoms with van der Waals surface area (Å²) in [4.78, 5) is 17.8. The van der Waals surface area contributed by atoms with Gasteiger partial charge < -0.3 is 14.5 Å². The van der Waals surface area contributed by atoms with Crippen LogP contribution in [0.4, 0.5) is 0 Å². The summed E-state index contributed by atoms with van der Waals surface area (Å²) >= 11 is 0.531. The van der Waals surface area contributed by atoms with Crippen LogP contribution in [0.5, 0.6) is 5.75 Å². The summed E-state index contributed by atoms with van der Waals surface area (Å²) in [7, 11) is 1.53. The zero-order valence-electron chi connectivity index (χ0n) is 6.88. The maximum Gasteiger partial charge on any atom is 0.388 e. The van der Waals surface area contributed by atoms with Crippen molar-refractivity contribution in [2.24, 2.45) is 0 Å². The number of rotatable bonds is 3. The quantitative estimate of drug-likeness (QED) is 0.761. The largest absolute Gasteiger partial charge is 0.497 e. The van der Waals surface area contributed by atoms with Crippen LogP contribution in [0.25, 0.3) is 0 Å². The van der Waals surface area contributed by atoms with E-state index in [1.54, 1.807) is 24.3 Å². The van der Waals surface area contributed by atoms with Crippen LogP contribution in [0, 0.1) is 0 Å². The molecule has 4 nitrogen and oxygen atoms in total. The fraction of sp³-hybridized carbons (Fsp3) is 0.143. The van der Waals surface area contributed by atoms with Gasteiger partial charge in [0.1, 0.15) is 5.75 Å². The van der Waals surface area contributed by atoms with E-state index >= 15 is 0 Å². The number of ether oxygens (including phenoxy) is 1. The molecule has 0 saturated heterocycles. The molecule has 0 saturated carbocycles. The van der Waals surface area contributed by atoms with Gasteiger partial charge in [0.2, 0.25) is 0 Å². The molecular formula is C7H9O4PS. The van der Waals surface area contributed by atoms with Gasteiger partial charge in [-0.05, 0) is 35.6 Å². The minimum absolute atomic E-state index is 0.522. The molecular weight excluding hydrogens is 211 g/mol. The van der Waals surface area contributed by atoms with Gasteiger partial charge in [-0.2, -0.15) is 0 Å². The predicted octanol–water partition coefficient (Wildman–Crippen LogP) is 1.88. The highest BCUT2D eigenvalue weighted by molar-refractivity contribution is 8.54. The minimum Gasteiger partial charge on any atom is -0.497 e. The standard InChI is InChI=1S/C7H9O4PS/c1-11-6-2-4-7(5-3-6)13-12(8,9)10/h2-5H,1H3,(H2,8,9,10). The van der Waals surface area contributed by atoms with E-state index in [0.717, 1.165) is 0 Å². The van der Waals surface area contributed by atoms with Crippen molar-refractivity contribution in [1.29, 1.82) is 0 Å². The van der Waals surface area contributed by atoms with Crippen molar-refractivity contribution in [2.45, 2.75) is 4.90 Å². The van der Waals surface area contributed by atoms with Crippen LogP contribution in [0.3, 0.4) is 0 Å². The molecule has 0 aliphatic rings. The summed E-state index contributed by atoms with van der Waals surface area (Å²) in [5, 5.41) is 0. The molecule has 1 aromatic rings. The Kier molecular flexibility index (Phi) is 3.39. The fourth-order valence-electron chi connectivity index (χ4n) is 0.774. The van der Waals surface area contributed by atoms with Gasteiger partial charge in [0.25, 0.3) is 0 Å². The van der Waals surface area contributed by atoms with E-state index < -0.39 is 6.80 Å². The lowest BCUT2D eigenvalue weighted by Crippen LogP contribution is -1.81. The fourth-order valence-corrected chi connectivity index (χ4v) is 2.50. The van der Waals surface area contributed by atoms with E-state index in [-0.39, 0.29) is 0 Å². The maximum atomic E-state index is 10.6. The summed E-state index contributed by atoms with van der Waals surface area (Å²) in [6, 6.07) is 6.50. The molecule has 0 atom stereocenters. The molecule has 0 unspecified atom stereocenters. The lowest BCUT2D eigenvalue weighted by molar-refractivity contribution is 0.397. The summed E-state index contributed by atoms with van der Waals surface area (Å²) in [6.07, 6.45) is 0. The first-order chi connectivity index (χ1) is 6.01. The van der Waals surface area contributed by atoms with Crippen LogP contribution < -0.4 is 4.74 Å². The predicted molar refractivity (Wildman–Crippen MR) is 50.9 cm³/mol. The highest BCUT2D eigenvalue weighted by Gasteiger charge is 2.14. The molecule has 0 radical (unpaired) electrons. The monoisotopic (exact) mass is 220 g/mol. The molecule has 2 N–H and O–H groups in total. The van der Waals surface area contributed by atoms with Crippen LogP contribution in [-0.2, 0) is 4.57 Å². The molecule has 0 spiro atoms. The van der Waals surface area contributed by atoms with Crippen molar-refractivity contribution in [1.82, 2.24) is 0 Å². The third-order valence-electron chi connectivity index (χ3n) is 1.28. The Balaban J connectivity index is 2.76. The third kappa shape index (κ3) is 3.83. The zero-order valence-corrected chi connectivity index (χ0v) is 8.59. The molecule has 0 fully saturated rings. The summed E-state index contributed by atoms with van der Waals surface area (Å²) in [6.45, 7) is -4.04. The molecule has 1 aromatic carbocycles. The molecule has 0 aliphatic carbocycles. The van der Waals surface area contributed by atoms with E-state index in [4.69, 9.17) is 14.5 Å². The first-order valence-electron chi connectivity index (χ1n) is 3.40. The van der Waals surface area contributed by atoms with Gasteiger partial charge in [-0.1, -0.05) is 0 Å². The van der Waals surface area contributed by atoms with Gasteiger partial charge >= 0.3 is 6.80 Å². The lowest BCUT2D eigenvalue weighted by Gasteiger charge is -2.03. The normalized spacial score (nSPS) is 11.3. The van der Waals surface area contributed by atoms with Gasteiger partial charge in [-0.3, -0.25) is 0 Å². The molecule has 72 valence electrons. The Morgan fingerprint density at radius 1 is 1.31 bits per heavy atom. The van der Waals surface area contributed by atoms with Crippen LogP contribution in [0.15, 0.2) is 29.2 Å². The van der Waals surface area contributed by atoms with Gasteiger partial charge in [-0.15, -0.1) is 0 Å². The summed E-state index contributed by atoms with van der Waals surface area (Å²) < 4.78 is 15.5. The van der Waals surface area contributed by atoms with Crippen molar-refractivity contribution in [2.75, 3.05) is 7.11 Å². The summed E-state index contributed by atoms with van der Waals surface area (Å²) in [5.74, 6) is 0.662. The average molecular weight is 220 g/mol. The summed E-state index contributed by atoms with van der Waals surface area (Å²) in [5.41, 5.74) is 0. The molecule has 6 heteroatoms. The van der Waals surface area contributed by atoms with Gasteiger partial charge in [0.15, 0.2) is 0 Å². The van der Waals surface area contributed by atoms with E-state index in [1.807, 2.05) is 0 Å².